The van der Waals surface area contributed by atoms with E-state index < -0.39 is 0 Å². The van der Waals surface area contributed by atoms with E-state index in [1.165, 1.54) is 28.7 Å². The Labute approximate surface area is 190 Å². The second kappa shape index (κ2) is 11.1. The molecule has 4 rings (SSSR count). The molecule has 3 heterocycles. The lowest BCUT2D eigenvalue weighted by Crippen LogP contribution is -2.49. The third-order valence-electron chi connectivity index (χ3n) is 4.92. The average molecular weight is 456 g/mol. The highest BCUT2D eigenvalue weighted by atomic mass is 32.2. The number of nitrogens with one attached hydrogen (secondary N) is 1. The van der Waals surface area contributed by atoms with Gasteiger partial charge in [0.25, 0.3) is 0 Å². The van der Waals surface area contributed by atoms with Crippen LogP contribution in [0, 0.1) is 0 Å². The Morgan fingerprint density at radius 2 is 1.97 bits per heavy atom. The number of hydrogen-bond acceptors (Lipinski definition) is 8. The Hall–Kier alpha value is -2.62. The topological polar surface area (TPSA) is 74.5 Å². The number of anilines is 1. The summed E-state index contributed by atoms with van der Waals surface area (Å²) in [4.78, 5) is 16.9. The molecule has 3 aromatic rings. The van der Waals surface area contributed by atoms with Gasteiger partial charge in [-0.25, -0.2) is 0 Å². The molecule has 2 aromatic heterocycles. The van der Waals surface area contributed by atoms with Crippen LogP contribution in [0.2, 0.25) is 0 Å². The molecule has 0 saturated carbocycles. The fourth-order valence-electron chi connectivity index (χ4n) is 3.21. The summed E-state index contributed by atoms with van der Waals surface area (Å²) in [6, 6.07) is 14.1. The van der Waals surface area contributed by atoms with Gasteiger partial charge in [-0.1, -0.05) is 65.6 Å². The van der Waals surface area contributed by atoms with E-state index in [0.29, 0.717) is 12.3 Å². The van der Waals surface area contributed by atoms with Crippen LogP contribution in [0.4, 0.5) is 5.13 Å². The van der Waals surface area contributed by atoms with Gasteiger partial charge in [-0.2, -0.15) is 0 Å². The number of aromatic nitrogens is 2. The fourth-order valence-corrected chi connectivity index (χ4v) is 4.86. The van der Waals surface area contributed by atoms with Gasteiger partial charge < -0.3 is 14.6 Å². The number of rotatable bonds is 9. The van der Waals surface area contributed by atoms with Crippen LogP contribution >= 0.6 is 23.1 Å². The van der Waals surface area contributed by atoms with E-state index in [2.05, 4.69) is 44.7 Å². The minimum atomic E-state index is 0.157. The summed E-state index contributed by atoms with van der Waals surface area (Å²) in [6.45, 7) is 4.81. The second-order valence-corrected chi connectivity index (χ2v) is 9.29. The maximum atomic E-state index is 12.6. The van der Waals surface area contributed by atoms with Crippen molar-refractivity contribution in [3.63, 3.8) is 0 Å². The van der Waals surface area contributed by atoms with Crippen LogP contribution in [0.15, 0.2) is 63.6 Å². The summed E-state index contributed by atoms with van der Waals surface area (Å²) in [6.07, 6.45) is 5.98. The molecule has 1 aliphatic rings. The average Bonchev–Trinajstić information content (AvgIpc) is 3.49. The molecule has 1 fully saturated rings. The maximum Gasteiger partial charge on any atom is 0.233 e. The Bertz CT molecular complexity index is 967. The van der Waals surface area contributed by atoms with Crippen LogP contribution in [0.5, 0.6) is 0 Å². The molecule has 7 nitrogen and oxygen atoms in total. The first kappa shape index (κ1) is 21.6. The molecule has 0 spiro atoms. The molecule has 1 amide bonds. The summed E-state index contributed by atoms with van der Waals surface area (Å²) < 4.78 is 6.08. The standard InChI is InChI=1S/C22H25N5O2S2/c28-20(17-30-22-25-24-21(31-22)23-16-19-9-5-15-29-19)27-13-11-26(12-14-27)10-4-8-18-6-2-1-3-7-18/h1-9,15H,10-14,16-17H2,(H,23,24)/b8-4+. The van der Waals surface area contributed by atoms with Crippen molar-refractivity contribution in [3.05, 3.63) is 66.1 Å². The largest absolute Gasteiger partial charge is 0.467 e. The van der Waals surface area contributed by atoms with Crippen LogP contribution in [-0.2, 0) is 11.3 Å². The van der Waals surface area contributed by atoms with E-state index in [0.717, 1.165) is 48.0 Å². The predicted molar refractivity (Wildman–Crippen MR) is 125 cm³/mol. The van der Waals surface area contributed by atoms with Crippen molar-refractivity contribution in [2.75, 3.05) is 43.8 Å². The van der Waals surface area contributed by atoms with Crippen LogP contribution in [0.3, 0.4) is 0 Å². The van der Waals surface area contributed by atoms with E-state index in [1.807, 2.05) is 35.2 Å². The smallest absolute Gasteiger partial charge is 0.233 e. The van der Waals surface area contributed by atoms with Gasteiger partial charge in [0.1, 0.15) is 5.76 Å². The molecule has 1 aliphatic heterocycles. The third-order valence-corrected chi connectivity index (χ3v) is 6.92. The summed E-state index contributed by atoms with van der Waals surface area (Å²) in [7, 11) is 0. The first-order valence-corrected chi connectivity index (χ1v) is 12.0. The fraction of sp³-hybridized carbons (Fsp3) is 0.318. The number of carbonyl (C=O) groups excluding carboxylic acids is 1. The van der Waals surface area contributed by atoms with Crippen molar-refractivity contribution < 1.29 is 9.21 Å². The van der Waals surface area contributed by atoms with E-state index in [1.54, 1.807) is 6.26 Å². The summed E-state index contributed by atoms with van der Waals surface area (Å²) in [5, 5.41) is 12.2. The lowest BCUT2D eigenvalue weighted by Gasteiger charge is -2.34. The number of hydrogen-bond donors (Lipinski definition) is 1. The summed E-state index contributed by atoms with van der Waals surface area (Å²) in [5.74, 6) is 1.39. The van der Waals surface area contributed by atoms with Gasteiger partial charge in [-0.05, 0) is 17.7 Å². The van der Waals surface area contributed by atoms with Crippen molar-refractivity contribution in [3.8, 4) is 0 Å². The number of benzene rings is 1. The van der Waals surface area contributed by atoms with Crippen molar-refractivity contribution >= 4 is 40.2 Å². The monoisotopic (exact) mass is 455 g/mol. The molecule has 31 heavy (non-hydrogen) atoms. The van der Waals surface area contributed by atoms with Crippen LogP contribution in [0.25, 0.3) is 6.08 Å². The number of furan rings is 1. The maximum absolute atomic E-state index is 12.6. The zero-order chi connectivity index (χ0) is 21.3. The molecule has 1 aromatic carbocycles. The lowest BCUT2D eigenvalue weighted by molar-refractivity contribution is -0.129. The quantitative estimate of drug-likeness (QED) is 0.493. The molecular weight excluding hydrogens is 430 g/mol. The normalized spacial score (nSPS) is 14.9. The number of carbonyl (C=O) groups is 1. The molecular formula is C22H25N5O2S2. The second-order valence-electron chi connectivity index (χ2n) is 7.09. The minimum absolute atomic E-state index is 0.157. The molecule has 0 aliphatic carbocycles. The molecule has 0 bridgehead atoms. The van der Waals surface area contributed by atoms with Gasteiger partial charge in [0, 0.05) is 32.7 Å². The molecule has 0 radical (unpaired) electrons. The minimum Gasteiger partial charge on any atom is -0.467 e. The first-order chi connectivity index (χ1) is 15.3. The Morgan fingerprint density at radius 3 is 2.74 bits per heavy atom. The Balaban J connectivity index is 1.14. The summed E-state index contributed by atoms with van der Waals surface area (Å²) in [5.41, 5.74) is 1.21. The molecule has 162 valence electrons. The van der Waals surface area contributed by atoms with Gasteiger partial charge in [0.15, 0.2) is 4.34 Å². The van der Waals surface area contributed by atoms with Crippen molar-refractivity contribution in [2.45, 2.75) is 10.9 Å². The molecule has 9 heteroatoms. The van der Waals surface area contributed by atoms with Crippen LogP contribution in [-0.4, -0.2) is 64.4 Å². The SMILES string of the molecule is O=C(CSc1nnc(NCc2ccco2)s1)N1CCN(C/C=C/c2ccccc2)CC1. The highest BCUT2D eigenvalue weighted by molar-refractivity contribution is 8.01. The highest BCUT2D eigenvalue weighted by Crippen LogP contribution is 2.26. The van der Waals surface area contributed by atoms with E-state index in [-0.39, 0.29) is 5.91 Å². The molecule has 1 N–H and O–H groups in total. The van der Waals surface area contributed by atoms with E-state index >= 15 is 0 Å². The van der Waals surface area contributed by atoms with Gasteiger partial charge >= 0.3 is 0 Å². The Morgan fingerprint density at radius 1 is 1.13 bits per heavy atom. The van der Waals surface area contributed by atoms with Gasteiger partial charge in [0.2, 0.25) is 11.0 Å². The van der Waals surface area contributed by atoms with Crippen molar-refractivity contribution in [1.82, 2.24) is 20.0 Å². The summed E-state index contributed by atoms with van der Waals surface area (Å²) >= 11 is 2.90. The number of piperazine rings is 1. The number of amides is 1. The van der Waals surface area contributed by atoms with Crippen molar-refractivity contribution in [1.29, 1.82) is 0 Å². The predicted octanol–water partition coefficient (Wildman–Crippen LogP) is 3.69. The van der Waals surface area contributed by atoms with E-state index in [4.69, 9.17) is 4.42 Å². The number of thioether (sulfide) groups is 1. The molecule has 1 saturated heterocycles. The zero-order valence-corrected chi connectivity index (χ0v) is 18.8. The zero-order valence-electron chi connectivity index (χ0n) is 17.1. The van der Waals surface area contributed by atoms with E-state index in [9.17, 15) is 4.79 Å². The van der Waals surface area contributed by atoms with Crippen LogP contribution < -0.4 is 5.32 Å². The third kappa shape index (κ3) is 6.68. The lowest BCUT2D eigenvalue weighted by atomic mass is 10.2. The van der Waals surface area contributed by atoms with Gasteiger partial charge in [0.05, 0.1) is 18.6 Å². The van der Waals surface area contributed by atoms with Gasteiger partial charge in [-0.15, -0.1) is 10.2 Å². The first-order valence-electron chi connectivity index (χ1n) is 10.2. The highest BCUT2D eigenvalue weighted by Gasteiger charge is 2.21. The number of nitrogens with zero attached hydrogens (tertiary/aromatic N) is 4. The molecule has 0 unspecified atom stereocenters. The van der Waals surface area contributed by atoms with Crippen LogP contribution in [0.1, 0.15) is 11.3 Å². The van der Waals surface area contributed by atoms with Gasteiger partial charge in [-0.3, -0.25) is 9.69 Å². The van der Waals surface area contributed by atoms with Crippen molar-refractivity contribution in [2.24, 2.45) is 0 Å². The Kier molecular flexibility index (Phi) is 7.76. The molecule has 0 atom stereocenters.